The minimum atomic E-state index is -0.545. The molecule has 1 unspecified atom stereocenters. The van der Waals surface area contributed by atoms with Gasteiger partial charge in [0.2, 0.25) is 12.6 Å². The van der Waals surface area contributed by atoms with Gasteiger partial charge in [-0.05, 0) is 72.4 Å². The van der Waals surface area contributed by atoms with Gasteiger partial charge < -0.3 is 18.8 Å². The first-order valence-corrected chi connectivity index (χ1v) is 11.8. The summed E-state index contributed by atoms with van der Waals surface area (Å²) in [6.45, 7) is 6.52. The molecule has 35 heavy (non-hydrogen) atoms. The van der Waals surface area contributed by atoms with E-state index in [0.29, 0.717) is 34.6 Å². The molecule has 1 amide bonds. The number of hydrogen-bond donors (Lipinski definition) is 0. The van der Waals surface area contributed by atoms with Crippen molar-refractivity contribution in [1.82, 2.24) is 4.90 Å². The Bertz CT molecular complexity index is 1550. The van der Waals surface area contributed by atoms with Crippen LogP contribution in [-0.2, 0) is 13.0 Å². The van der Waals surface area contributed by atoms with Crippen molar-refractivity contribution in [2.45, 2.75) is 39.8 Å². The predicted octanol–water partition coefficient (Wildman–Crippen LogP) is 5.45. The zero-order valence-corrected chi connectivity index (χ0v) is 19.9. The molecule has 0 fully saturated rings. The minimum absolute atomic E-state index is 0.121. The van der Waals surface area contributed by atoms with Gasteiger partial charge in [0.25, 0.3) is 5.91 Å². The maximum absolute atomic E-state index is 13.8. The highest BCUT2D eigenvalue weighted by atomic mass is 16.7. The molecule has 176 valence electrons. The summed E-state index contributed by atoms with van der Waals surface area (Å²) in [5.74, 6) is 1.17. The summed E-state index contributed by atoms with van der Waals surface area (Å²) in [6.07, 6.45) is 0.910. The fourth-order valence-corrected chi connectivity index (χ4v) is 4.96. The van der Waals surface area contributed by atoms with Crippen LogP contribution in [0.15, 0.2) is 63.8 Å². The molecule has 0 radical (unpaired) electrons. The highest BCUT2D eigenvalue weighted by molar-refractivity contribution is 5.99. The monoisotopic (exact) mass is 467 g/mol. The summed E-state index contributed by atoms with van der Waals surface area (Å²) in [5.41, 5.74) is 5.66. The lowest BCUT2D eigenvalue weighted by molar-refractivity contribution is 0.0714. The van der Waals surface area contributed by atoms with E-state index in [1.807, 2.05) is 68.4 Å². The maximum atomic E-state index is 13.8. The van der Waals surface area contributed by atoms with E-state index >= 15 is 0 Å². The number of hydrogen-bond acceptors (Lipinski definition) is 5. The third kappa shape index (κ3) is 3.40. The van der Waals surface area contributed by atoms with Gasteiger partial charge in [-0.1, -0.05) is 37.3 Å². The van der Waals surface area contributed by atoms with Gasteiger partial charge in [0, 0.05) is 6.54 Å². The smallest absolute Gasteiger partial charge is 0.291 e. The molecular formula is C29H25NO5. The molecule has 6 heteroatoms. The van der Waals surface area contributed by atoms with Crippen molar-refractivity contribution in [3.8, 4) is 11.5 Å². The molecule has 6 rings (SSSR count). The normalized spacial score (nSPS) is 16.3. The van der Waals surface area contributed by atoms with E-state index < -0.39 is 6.04 Å². The molecule has 0 saturated carbocycles. The number of carbonyl (C=O) groups excluding carboxylic acids is 1. The molecule has 2 aliphatic heterocycles. The van der Waals surface area contributed by atoms with E-state index in [2.05, 4.69) is 6.92 Å². The zero-order chi connectivity index (χ0) is 24.3. The van der Waals surface area contributed by atoms with Gasteiger partial charge in [0.05, 0.1) is 17.0 Å². The number of amides is 1. The topological polar surface area (TPSA) is 69.0 Å². The molecule has 1 aromatic heterocycles. The second-order valence-electron chi connectivity index (χ2n) is 9.22. The van der Waals surface area contributed by atoms with E-state index in [9.17, 15) is 9.59 Å². The second-order valence-corrected chi connectivity index (χ2v) is 9.22. The van der Waals surface area contributed by atoms with Crippen LogP contribution in [-0.4, -0.2) is 17.6 Å². The Kier molecular flexibility index (Phi) is 4.92. The Hall–Kier alpha value is -4.06. The molecule has 0 aliphatic carbocycles. The number of fused-ring (bicyclic) bond motifs is 3. The van der Waals surface area contributed by atoms with Crippen LogP contribution in [0.3, 0.4) is 0 Å². The summed E-state index contributed by atoms with van der Waals surface area (Å²) in [7, 11) is 0. The number of aryl methyl sites for hydroxylation is 3. The van der Waals surface area contributed by atoms with Crippen molar-refractivity contribution in [3.63, 3.8) is 0 Å². The van der Waals surface area contributed by atoms with Gasteiger partial charge >= 0.3 is 0 Å². The Morgan fingerprint density at radius 2 is 1.60 bits per heavy atom. The summed E-state index contributed by atoms with van der Waals surface area (Å²) in [4.78, 5) is 29.3. The fourth-order valence-electron chi connectivity index (χ4n) is 4.96. The van der Waals surface area contributed by atoms with Gasteiger partial charge in [-0.15, -0.1) is 0 Å². The molecule has 2 aliphatic rings. The van der Waals surface area contributed by atoms with Crippen molar-refractivity contribution in [2.24, 2.45) is 0 Å². The highest BCUT2D eigenvalue weighted by Gasteiger charge is 2.42. The van der Waals surface area contributed by atoms with Gasteiger partial charge in [0.1, 0.15) is 5.58 Å². The van der Waals surface area contributed by atoms with Crippen molar-refractivity contribution < 1.29 is 18.7 Å². The van der Waals surface area contributed by atoms with Crippen LogP contribution in [0.2, 0.25) is 0 Å². The lowest BCUT2D eigenvalue weighted by Crippen LogP contribution is -2.29. The van der Waals surface area contributed by atoms with Gasteiger partial charge in [0.15, 0.2) is 16.9 Å². The molecule has 3 heterocycles. The van der Waals surface area contributed by atoms with Crippen LogP contribution < -0.4 is 14.9 Å². The summed E-state index contributed by atoms with van der Waals surface area (Å²) < 4.78 is 17.1. The van der Waals surface area contributed by atoms with E-state index in [4.69, 9.17) is 13.9 Å². The molecule has 0 saturated heterocycles. The van der Waals surface area contributed by atoms with Crippen LogP contribution in [0.25, 0.3) is 11.0 Å². The van der Waals surface area contributed by atoms with E-state index in [1.54, 1.807) is 4.90 Å². The molecular weight excluding hydrogens is 442 g/mol. The minimum Gasteiger partial charge on any atom is -0.454 e. The summed E-state index contributed by atoms with van der Waals surface area (Å²) in [5, 5.41) is 0.500. The Balaban J connectivity index is 1.52. The lowest BCUT2D eigenvalue weighted by Gasteiger charge is -2.25. The van der Waals surface area contributed by atoms with Crippen LogP contribution in [0, 0.1) is 13.8 Å². The molecule has 0 N–H and O–H groups in total. The number of ether oxygens (including phenoxy) is 2. The first-order valence-electron chi connectivity index (χ1n) is 11.8. The first-order chi connectivity index (χ1) is 16.9. The number of carbonyl (C=O) groups is 1. The second kappa shape index (κ2) is 8.01. The number of benzene rings is 3. The maximum Gasteiger partial charge on any atom is 0.291 e. The van der Waals surface area contributed by atoms with E-state index in [-0.39, 0.29) is 23.9 Å². The molecule has 0 bridgehead atoms. The van der Waals surface area contributed by atoms with Crippen molar-refractivity contribution >= 4 is 16.9 Å². The Morgan fingerprint density at radius 1 is 0.886 bits per heavy atom. The molecule has 4 aromatic rings. The van der Waals surface area contributed by atoms with Crippen LogP contribution in [0.5, 0.6) is 11.5 Å². The average molecular weight is 468 g/mol. The van der Waals surface area contributed by atoms with Gasteiger partial charge in [-0.3, -0.25) is 9.59 Å². The largest absolute Gasteiger partial charge is 0.454 e. The van der Waals surface area contributed by atoms with Crippen LogP contribution >= 0.6 is 0 Å². The third-order valence-electron chi connectivity index (χ3n) is 7.08. The standard InChI is InChI=1S/C29H25NO5/c1-4-18-5-8-20(9-6-18)26-25-27(31)21-11-16(2)17(3)12-23(21)35-28(25)29(32)30(26)14-19-7-10-22-24(13-19)34-15-33-22/h5-13,26H,4,14-15H2,1-3H3. The quantitative estimate of drug-likeness (QED) is 0.399. The van der Waals surface area contributed by atoms with Crippen molar-refractivity contribution in [3.05, 3.63) is 104 Å². The number of rotatable bonds is 4. The molecule has 1 atom stereocenters. The first kappa shape index (κ1) is 21.5. The van der Waals surface area contributed by atoms with Crippen molar-refractivity contribution in [1.29, 1.82) is 0 Å². The summed E-state index contributed by atoms with van der Waals surface area (Å²) >= 11 is 0. The van der Waals surface area contributed by atoms with Gasteiger partial charge in [-0.2, -0.15) is 0 Å². The lowest BCUT2D eigenvalue weighted by atomic mass is 9.96. The van der Waals surface area contributed by atoms with Gasteiger partial charge in [-0.25, -0.2) is 0 Å². The van der Waals surface area contributed by atoms with E-state index in [1.165, 1.54) is 5.56 Å². The summed E-state index contributed by atoms with van der Waals surface area (Å²) in [6, 6.07) is 16.9. The van der Waals surface area contributed by atoms with Crippen LogP contribution in [0.4, 0.5) is 0 Å². The average Bonchev–Trinajstić information content (AvgIpc) is 3.43. The molecule has 3 aromatic carbocycles. The zero-order valence-electron chi connectivity index (χ0n) is 19.9. The molecule has 0 spiro atoms. The van der Waals surface area contributed by atoms with Crippen molar-refractivity contribution in [2.75, 3.05) is 6.79 Å². The number of nitrogens with zero attached hydrogens (tertiary/aromatic N) is 1. The van der Waals surface area contributed by atoms with Crippen LogP contribution in [0.1, 0.15) is 56.9 Å². The molecule has 6 nitrogen and oxygen atoms in total. The fraction of sp³-hybridized carbons (Fsp3) is 0.241. The Labute approximate surface area is 202 Å². The predicted molar refractivity (Wildman–Crippen MR) is 132 cm³/mol. The highest BCUT2D eigenvalue weighted by Crippen LogP contribution is 2.40. The SMILES string of the molecule is CCc1ccc(C2c3c(oc4cc(C)c(C)cc4c3=O)C(=O)N2Cc2ccc3c(c2)OCO3)cc1. The van der Waals surface area contributed by atoms with E-state index in [0.717, 1.165) is 28.7 Å². The third-order valence-corrected chi connectivity index (χ3v) is 7.08. The Morgan fingerprint density at radius 3 is 2.37 bits per heavy atom.